The first-order valence-corrected chi connectivity index (χ1v) is 11.3. The fourth-order valence-electron chi connectivity index (χ4n) is 3.38. The van der Waals surface area contributed by atoms with Crippen LogP contribution in [0.4, 0.5) is 0 Å². The van der Waals surface area contributed by atoms with Gasteiger partial charge < -0.3 is 0 Å². The van der Waals surface area contributed by atoms with Crippen LogP contribution in [0.3, 0.4) is 0 Å². The molecule has 0 aliphatic heterocycles. The lowest BCUT2D eigenvalue weighted by Crippen LogP contribution is -1.88. The quantitative estimate of drug-likeness (QED) is 0.317. The summed E-state index contributed by atoms with van der Waals surface area (Å²) >= 11 is 0. The Balaban J connectivity index is 1.57. The lowest BCUT2D eigenvalue weighted by atomic mass is 10.0. The van der Waals surface area contributed by atoms with Crippen molar-refractivity contribution in [3.8, 4) is 59.8 Å². The summed E-state index contributed by atoms with van der Waals surface area (Å²) in [6, 6.07) is 32.8. The molecule has 0 saturated heterocycles. The standard InChI is InChI=1S/C34H14N4/c35-21-28-7-5-25(6-8-28)9-14-30-16-11-27(20-33(30)23-37)13-18-31-17-12-26(19-34(31)24-38)10-15-29-3-1-2-4-32(29)22-36/h1-8,11-12,16-17,19-20H. The molecule has 4 aromatic rings. The highest BCUT2D eigenvalue weighted by Gasteiger charge is 2.03. The molecule has 0 aromatic heterocycles. The third-order valence-electron chi connectivity index (χ3n) is 5.37. The Morgan fingerprint density at radius 2 is 0.711 bits per heavy atom. The Kier molecular flexibility index (Phi) is 7.64. The summed E-state index contributed by atoms with van der Waals surface area (Å²) in [7, 11) is 0. The minimum atomic E-state index is 0.378. The minimum Gasteiger partial charge on any atom is -0.192 e. The molecule has 0 aliphatic carbocycles. The number of rotatable bonds is 0. The van der Waals surface area contributed by atoms with Crippen LogP contribution in [-0.4, -0.2) is 0 Å². The second-order valence-electron chi connectivity index (χ2n) is 7.84. The monoisotopic (exact) mass is 478 g/mol. The van der Waals surface area contributed by atoms with E-state index in [0.717, 1.165) is 5.56 Å². The number of hydrogen-bond donors (Lipinski definition) is 0. The summed E-state index contributed by atoms with van der Waals surface area (Å²) in [5.74, 6) is 18.0. The first kappa shape index (κ1) is 24.6. The molecule has 4 rings (SSSR count). The summed E-state index contributed by atoms with van der Waals surface area (Å²) < 4.78 is 0. The van der Waals surface area contributed by atoms with Gasteiger partial charge in [0.05, 0.1) is 28.3 Å². The minimum absolute atomic E-state index is 0.378. The number of hydrogen-bond acceptors (Lipinski definition) is 4. The Morgan fingerprint density at radius 1 is 0.316 bits per heavy atom. The van der Waals surface area contributed by atoms with Crippen molar-refractivity contribution in [3.05, 3.63) is 141 Å². The summed E-state index contributed by atoms with van der Waals surface area (Å²) in [5, 5.41) is 37.3. The zero-order valence-corrected chi connectivity index (χ0v) is 19.9. The van der Waals surface area contributed by atoms with Crippen molar-refractivity contribution in [1.29, 1.82) is 21.0 Å². The normalized spacial score (nSPS) is 8.84. The van der Waals surface area contributed by atoms with Crippen LogP contribution in [0.25, 0.3) is 0 Å². The van der Waals surface area contributed by atoms with Gasteiger partial charge in [0, 0.05) is 33.4 Å². The lowest BCUT2D eigenvalue weighted by Gasteiger charge is -1.99. The third kappa shape index (κ3) is 5.95. The average Bonchev–Trinajstić information content (AvgIpc) is 2.98. The fraction of sp³-hybridized carbons (Fsp3) is 0. The summed E-state index contributed by atoms with van der Waals surface area (Å²) in [5.41, 5.74) is 5.54. The highest BCUT2D eigenvalue weighted by atomic mass is 14.3. The van der Waals surface area contributed by atoms with E-state index in [-0.39, 0.29) is 0 Å². The van der Waals surface area contributed by atoms with E-state index in [0.29, 0.717) is 50.1 Å². The average molecular weight is 479 g/mol. The van der Waals surface area contributed by atoms with Gasteiger partial charge in [-0.15, -0.1) is 0 Å². The maximum absolute atomic E-state index is 9.63. The molecule has 0 heterocycles. The fourth-order valence-corrected chi connectivity index (χ4v) is 3.38. The van der Waals surface area contributed by atoms with E-state index >= 15 is 0 Å². The van der Waals surface area contributed by atoms with Gasteiger partial charge in [0.2, 0.25) is 0 Å². The topological polar surface area (TPSA) is 95.2 Å². The zero-order chi connectivity index (χ0) is 26.7. The molecule has 0 fully saturated rings. The summed E-state index contributed by atoms with van der Waals surface area (Å²) in [6.07, 6.45) is 0. The molecule has 0 saturated carbocycles. The number of nitriles is 4. The van der Waals surface area contributed by atoms with Gasteiger partial charge in [-0.2, -0.15) is 21.0 Å². The molecule has 0 radical (unpaired) electrons. The molecule has 0 unspecified atom stereocenters. The van der Waals surface area contributed by atoms with Gasteiger partial charge in [0.1, 0.15) is 18.2 Å². The molecule has 4 aromatic carbocycles. The molecule has 4 nitrogen and oxygen atoms in total. The zero-order valence-electron chi connectivity index (χ0n) is 19.9. The van der Waals surface area contributed by atoms with E-state index in [1.54, 1.807) is 78.9 Å². The van der Waals surface area contributed by atoms with E-state index < -0.39 is 0 Å². The van der Waals surface area contributed by atoms with E-state index in [1.165, 1.54) is 0 Å². The first-order valence-electron chi connectivity index (χ1n) is 11.3. The van der Waals surface area contributed by atoms with Gasteiger partial charge in [0.25, 0.3) is 0 Å². The van der Waals surface area contributed by atoms with Gasteiger partial charge >= 0.3 is 0 Å². The van der Waals surface area contributed by atoms with Crippen molar-refractivity contribution < 1.29 is 0 Å². The smallest absolute Gasteiger partial charge is 0.100 e. The maximum Gasteiger partial charge on any atom is 0.100 e. The third-order valence-corrected chi connectivity index (χ3v) is 5.37. The Hall–Kier alpha value is -6.48. The molecule has 0 amide bonds. The molecular formula is C34H14N4. The van der Waals surface area contributed by atoms with Crippen LogP contribution in [0.15, 0.2) is 84.9 Å². The predicted octanol–water partition coefficient (Wildman–Crippen LogP) is 5.37. The predicted molar refractivity (Wildman–Crippen MR) is 143 cm³/mol. The number of benzene rings is 4. The Labute approximate surface area is 221 Å². The van der Waals surface area contributed by atoms with Gasteiger partial charge in [-0.05, 0) is 72.8 Å². The van der Waals surface area contributed by atoms with Crippen molar-refractivity contribution in [3.63, 3.8) is 0 Å². The van der Waals surface area contributed by atoms with Crippen molar-refractivity contribution in [2.24, 2.45) is 0 Å². The van der Waals surface area contributed by atoms with Crippen molar-refractivity contribution in [1.82, 2.24) is 0 Å². The van der Waals surface area contributed by atoms with Crippen LogP contribution in [0.1, 0.15) is 55.6 Å². The van der Waals surface area contributed by atoms with Crippen molar-refractivity contribution in [2.45, 2.75) is 0 Å². The summed E-state index contributed by atoms with van der Waals surface area (Å²) in [4.78, 5) is 0. The number of nitrogens with zero attached hydrogens (tertiary/aromatic N) is 4. The molecule has 0 spiro atoms. The Morgan fingerprint density at radius 3 is 1.18 bits per heavy atom. The molecule has 0 atom stereocenters. The van der Waals surface area contributed by atoms with Crippen molar-refractivity contribution in [2.75, 3.05) is 0 Å². The van der Waals surface area contributed by atoms with Gasteiger partial charge in [-0.3, -0.25) is 0 Å². The van der Waals surface area contributed by atoms with Crippen LogP contribution < -0.4 is 0 Å². The van der Waals surface area contributed by atoms with Crippen LogP contribution in [0.5, 0.6) is 0 Å². The second-order valence-corrected chi connectivity index (χ2v) is 7.84. The largest absolute Gasteiger partial charge is 0.192 e. The second kappa shape index (κ2) is 11.8. The first-order chi connectivity index (χ1) is 18.6. The maximum atomic E-state index is 9.63. The lowest BCUT2D eigenvalue weighted by molar-refractivity contribution is 1.45. The SMILES string of the molecule is N#Cc1ccc(C#Cc2ccc(C#Cc3ccc(C#Cc4ccccc4C#N)cc3C#N)cc2C#N)cc1. The van der Waals surface area contributed by atoms with Crippen molar-refractivity contribution >= 4 is 0 Å². The molecule has 4 heteroatoms. The van der Waals surface area contributed by atoms with Crippen LogP contribution in [-0.2, 0) is 0 Å². The molecule has 170 valence electrons. The van der Waals surface area contributed by atoms with Gasteiger partial charge in [-0.25, -0.2) is 0 Å². The summed E-state index contributed by atoms with van der Waals surface area (Å²) in [6.45, 7) is 0. The van der Waals surface area contributed by atoms with Gasteiger partial charge in [0.15, 0.2) is 0 Å². The van der Waals surface area contributed by atoms with Crippen LogP contribution >= 0.6 is 0 Å². The van der Waals surface area contributed by atoms with Crippen LogP contribution in [0.2, 0.25) is 0 Å². The van der Waals surface area contributed by atoms with Crippen LogP contribution in [0, 0.1) is 80.8 Å². The van der Waals surface area contributed by atoms with E-state index in [4.69, 9.17) is 5.26 Å². The molecule has 0 aliphatic rings. The molecular weight excluding hydrogens is 464 g/mol. The molecule has 0 bridgehead atoms. The van der Waals surface area contributed by atoms with E-state index in [2.05, 4.69) is 59.8 Å². The highest BCUT2D eigenvalue weighted by molar-refractivity contribution is 5.59. The highest BCUT2D eigenvalue weighted by Crippen LogP contribution is 2.13. The van der Waals surface area contributed by atoms with E-state index in [1.807, 2.05) is 6.07 Å². The molecule has 0 N–H and O–H groups in total. The Bertz CT molecular complexity index is 1920. The molecule has 38 heavy (non-hydrogen) atoms. The van der Waals surface area contributed by atoms with Gasteiger partial charge in [-0.1, -0.05) is 47.7 Å². The van der Waals surface area contributed by atoms with E-state index in [9.17, 15) is 15.8 Å².